The maximum Gasteiger partial charge on any atom is 0.326 e. The lowest BCUT2D eigenvalue weighted by molar-refractivity contribution is 0.596. The average Bonchev–Trinajstić information content (AvgIpc) is 3.37. The second-order valence-corrected chi connectivity index (χ2v) is 9.45. The predicted octanol–water partition coefficient (Wildman–Crippen LogP) is 5.60. The van der Waals surface area contributed by atoms with Gasteiger partial charge in [-0.25, -0.2) is 0 Å². The van der Waals surface area contributed by atoms with Gasteiger partial charge in [0.1, 0.15) is 0 Å². The second-order valence-electron chi connectivity index (χ2n) is 9.45. The van der Waals surface area contributed by atoms with Crippen LogP contribution in [-0.2, 0) is 5.41 Å². The zero-order valence-corrected chi connectivity index (χ0v) is 18.6. The molecule has 0 spiro atoms. The molecule has 0 saturated heterocycles. The normalized spacial score (nSPS) is 14.2. The lowest BCUT2D eigenvalue weighted by Crippen LogP contribution is -2.28. The third-order valence-electron chi connectivity index (χ3n) is 7.31. The van der Waals surface area contributed by atoms with E-state index in [1.807, 2.05) is 6.07 Å². The first-order valence-corrected chi connectivity index (χ1v) is 11.4. The van der Waals surface area contributed by atoms with E-state index < -0.39 is 0 Å². The number of fused-ring (bicyclic) bond motifs is 7. The quantitative estimate of drug-likeness (QED) is 0.360. The minimum atomic E-state index is -0.208. The molecule has 157 valence electrons. The molecule has 4 aromatic carbocycles. The molecular weight excluding hydrogens is 403 g/mol. The van der Waals surface area contributed by atoms with Crippen LogP contribution < -0.4 is 5.46 Å². The molecule has 0 unspecified atom stereocenters. The SMILES string of the molecule is CC1(C)c2cccc3c4cc([B]O)ccc4n(c23)-c2c1n(-c1ccccc1)c1ccccc21. The molecule has 3 heterocycles. The molecule has 0 atom stereocenters. The van der Waals surface area contributed by atoms with Crippen molar-refractivity contribution in [3.8, 4) is 11.4 Å². The highest BCUT2D eigenvalue weighted by Crippen LogP contribution is 2.51. The van der Waals surface area contributed by atoms with Crippen molar-refractivity contribution in [1.29, 1.82) is 0 Å². The first kappa shape index (κ1) is 18.8. The number of benzene rings is 4. The zero-order valence-electron chi connectivity index (χ0n) is 18.6. The molecule has 4 heteroatoms. The van der Waals surface area contributed by atoms with Gasteiger partial charge in [-0.15, -0.1) is 0 Å². The Kier molecular flexibility index (Phi) is 3.64. The van der Waals surface area contributed by atoms with Gasteiger partial charge in [0.25, 0.3) is 0 Å². The van der Waals surface area contributed by atoms with E-state index in [-0.39, 0.29) is 5.41 Å². The molecule has 1 aliphatic heterocycles. The largest absolute Gasteiger partial charge is 0.450 e. The molecule has 0 amide bonds. The van der Waals surface area contributed by atoms with Crippen molar-refractivity contribution in [2.24, 2.45) is 0 Å². The molecule has 2 aromatic heterocycles. The van der Waals surface area contributed by atoms with E-state index in [4.69, 9.17) is 0 Å². The minimum absolute atomic E-state index is 0.208. The number of nitrogens with zero attached hydrogens (tertiary/aromatic N) is 2. The van der Waals surface area contributed by atoms with Gasteiger partial charge in [0.2, 0.25) is 0 Å². The maximum atomic E-state index is 9.68. The molecule has 0 aliphatic carbocycles. The van der Waals surface area contributed by atoms with E-state index in [0.29, 0.717) is 0 Å². The van der Waals surface area contributed by atoms with Crippen LogP contribution in [0, 0.1) is 0 Å². The van der Waals surface area contributed by atoms with Crippen LogP contribution >= 0.6 is 0 Å². The summed E-state index contributed by atoms with van der Waals surface area (Å²) in [6, 6.07) is 32.2. The van der Waals surface area contributed by atoms with Crippen molar-refractivity contribution in [3.63, 3.8) is 0 Å². The first-order valence-electron chi connectivity index (χ1n) is 11.4. The Balaban J connectivity index is 1.76. The highest BCUT2D eigenvalue weighted by atomic mass is 16.2. The number of hydrogen-bond donors (Lipinski definition) is 1. The highest BCUT2D eigenvalue weighted by Gasteiger charge is 2.40. The van der Waals surface area contributed by atoms with E-state index in [0.717, 1.165) is 16.4 Å². The third kappa shape index (κ3) is 2.29. The number of hydrogen-bond acceptors (Lipinski definition) is 1. The van der Waals surface area contributed by atoms with Gasteiger partial charge >= 0.3 is 7.48 Å². The van der Waals surface area contributed by atoms with Crippen molar-refractivity contribution < 1.29 is 5.02 Å². The molecule has 1 radical (unpaired) electrons. The van der Waals surface area contributed by atoms with Crippen LogP contribution in [0.1, 0.15) is 25.1 Å². The van der Waals surface area contributed by atoms with Crippen LogP contribution in [0.2, 0.25) is 0 Å². The van der Waals surface area contributed by atoms with Gasteiger partial charge in [-0.2, -0.15) is 0 Å². The fourth-order valence-electron chi connectivity index (χ4n) is 5.90. The molecule has 3 nitrogen and oxygen atoms in total. The van der Waals surface area contributed by atoms with Crippen LogP contribution in [0.4, 0.5) is 0 Å². The van der Waals surface area contributed by atoms with Gasteiger partial charge in [0.15, 0.2) is 0 Å². The number of aromatic nitrogens is 2. The number of para-hydroxylation sites is 3. The fourth-order valence-corrected chi connectivity index (χ4v) is 5.90. The second kappa shape index (κ2) is 6.40. The van der Waals surface area contributed by atoms with Crippen LogP contribution in [-0.4, -0.2) is 21.6 Å². The van der Waals surface area contributed by atoms with Crippen molar-refractivity contribution in [1.82, 2.24) is 9.13 Å². The highest BCUT2D eigenvalue weighted by molar-refractivity contribution is 6.46. The summed E-state index contributed by atoms with van der Waals surface area (Å²) in [5, 5.41) is 13.3. The Bertz CT molecular complexity index is 1720. The summed E-state index contributed by atoms with van der Waals surface area (Å²) in [5.74, 6) is 0. The van der Waals surface area contributed by atoms with E-state index in [1.165, 1.54) is 51.9 Å². The third-order valence-corrected chi connectivity index (χ3v) is 7.31. The van der Waals surface area contributed by atoms with E-state index >= 15 is 0 Å². The molecular formula is C29H22BN2O. The van der Waals surface area contributed by atoms with Crippen molar-refractivity contribution in [2.75, 3.05) is 0 Å². The lowest BCUT2D eigenvalue weighted by Gasteiger charge is -2.34. The summed E-state index contributed by atoms with van der Waals surface area (Å²) >= 11 is 0. The van der Waals surface area contributed by atoms with E-state index in [1.54, 1.807) is 0 Å². The molecule has 1 N–H and O–H groups in total. The van der Waals surface area contributed by atoms with E-state index in [9.17, 15) is 5.02 Å². The summed E-state index contributed by atoms with van der Waals surface area (Å²) in [4.78, 5) is 0. The molecule has 33 heavy (non-hydrogen) atoms. The average molecular weight is 425 g/mol. The molecule has 1 aliphatic rings. The summed E-state index contributed by atoms with van der Waals surface area (Å²) in [5.41, 5.74) is 9.28. The van der Waals surface area contributed by atoms with Gasteiger partial charge in [-0.1, -0.05) is 86.0 Å². The minimum Gasteiger partial charge on any atom is -0.450 e. The topological polar surface area (TPSA) is 30.1 Å². The first-order chi connectivity index (χ1) is 16.1. The maximum absolute atomic E-state index is 9.68. The monoisotopic (exact) mass is 425 g/mol. The Labute approximate surface area is 192 Å². The zero-order chi connectivity index (χ0) is 22.3. The van der Waals surface area contributed by atoms with Gasteiger partial charge in [-0.3, -0.25) is 0 Å². The van der Waals surface area contributed by atoms with E-state index in [2.05, 4.69) is 108 Å². The molecule has 0 saturated carbocycles. The lowest BCUT2D eigenvalue weighted by atomic mass is 9.77. The standard InChI is InChI=1S/C29H22BN2O/c1-29(2)23-13-8-12-20-22-17-18(30-33)15-16-25(22)32(26(20)23)27-21-11-6-7-14-24(21)31(28(27)29)19-9-4-3-5-10-19/h3-17,33H,1-2H3. The molecule has 0 fully saturated rings. The Hall–Kier alpha value is -3.76. The van der Waals surface area contributed by atoms with Crippen LogP contribution in [0.3, 0.4) is 0 Å². The summed E-state index contributed by atoms with van der Waals surface area (Å²) < 4.78 is 4.89. The van der Waals surface area contributed by atoms with Gasteiger partial charge in [-0.05, 0) is 29.8 Å². The van der Waals surface area contributed by atoms with Crippen LogP contribution in [0.15, 0.2) is 91.0 Å². The van der Waals surface area contributed by atoms with Crippen LogP contribution in [0.25, 0.3) is 44.1 Å². The van der Waals surface area contributed by atoms with Gasteiger partial charge in [0.05, 0.1) is 27.9 Å². The van der Waals surface area contributed by atoms with Gasteiger partial charge in [0, 0.05) is 27.3 Å². The Morgan fingerprint density at radius 3 is 2.24 bits per heavy atom. The predicted molar refractivity (Wildman–Crippen MR) is 137 cm³/mol. The summed E-state index contributed by atoms with van der Waals surface area (Å²) in [6.07, 6.45) is 0. The number of rotatable bonds is 2. The van der Waals surface area contributed by atoms with Crippen molar-refractivity contribution in [2.45, 2.75) is 19.3 Å². The van der Waals surface area contributed by atoms with Gasteiger partial charge < -0.3 is 14.2 Å². The molecule has 6 aromatic rings. The Morgan fingerprint density at radius 2 is 1.42 bits per heavy atom. The molecule has 0 bridgehead atoms. The smallest absolute Gasteiger partial charge is 0.326 e. The molecule has 7 rings (SSSR count). The van der Waals surface area contributed by atoms with Crippen LogP contribution in [0.5, 0.6) is 0 Å². The summed E-state index contributed by atoms with van der Waals surface area (Å²) in [6.45, 7) is 4.68. The Morgan fingerprint density at radius 1 is 0.697 bits per heavy atom. The summed E-state index contributed by atoms with van der Waals surface area (Å²) in [7, 11) is 1.18. The van der Waals surface area contributed by atoms with Crippen molar-refractivity contribution >= 4 is 45.7 Å². The van der Waals surface area contributed by atoms with Crippen molar-refractivity contribution in [3.05, 3.63) is 102 Å². The fraction of sp³-hybridized carbons (Fsp3) is 0.103.